The molecule has 0 fully saturated rings. The fourth-order valence-corrected chi connectivity index (χ4v) is 9.04. The number of esters is 3. The van der Waals surface area contributed by atoms with Crippen LogP contribution in [-0.2, 0) is 38.2 Å². The lowest BCUT2D eigenvalue weighted by Crippen LogP contribution is -2.24. The number of aromatic nitrogens is 4. The van der Waals surface area contributed by atoms with Crippen molar-refractivity contribution in [1.82, 2.24) is 20.4 Å². The molecular formula is C53H56Br4N10O11. The van der Waals surface area contributed by atoms with Gasteiger partial charge in [-0.05, 0) is 118 Å². The third-order valence-corrected chi connectivity index (χ3v) is 12.5. The van der Waals surface area contributed by atoms with Gasteiger partial charge in [-0.25, -0.2) is 4.79 Å². The van der Waals surface area contributed by atoms with Crippen molar-refractivity contribution in [2.75, 3.05) is 5.33 Å². The number of aromatic carboxylic acids is 1. The number of carbonyl (C=O) groups excluding carboxylic acids is 6. The summed E-state index contributed by atoms with van der Waals surface area (Å²) < 4.78 is 17.9. The summed E-state index contributed by atoms with van der Waals surface area (Å²) in [4.78, 5) is 87.7. The van der Waals surface area contributed by atoms with Gasteiger partial charge in [-0.2, -0.15) is 15.5 Å². The van der Waals surface area contributed by atoms with E-state index in [4.69, 9.17) is 36.5 Å². The molecule has 3 amide bonds. The van der Waals surface area contributed by atoms with E-state index in [1.54, 1.807) is 69.3 Å². The number of hydrogen-bond donors (Lipinski definition) is 6. The summed E-state index contributed by atoms with van der Waals surface area (Å²) in [5, 5.41) is 32.6. The van der Waals surface area contributed by atoms with E-state index >= 15 is 0 Å². The van der Waals surface area contributed by atoms with Crippen LogP contribution >= 0.6 is 63.7 Å². The number of nitrogens with one attached hydrogen (secondary N) is 2. The van der Waals surface area contributed by atoms with Crippen molar-refractivity contribution in [2.24, 2.45) is 27.2 Å². The molecule has 0 radical (unpaired) electrons. The lowest BCUT2D eigenvalue weighted by Gasteiger charge is -2.20. The highest BCUT2D eigenvalue weighted by molar-refractivity contribution is 9.11. The summed E-state index contributed by atoms with van der Waals surface area (Å²) in [5.41, 5.74) is 19.4. The molecule has 2 aliphatic rings. The van der Waals surface area contributed by atoms with Gasteiger partial charge >= 0.3 is 23.9 Å². The molecule has 0 aliphatic carbocycles. The van der Waals surface area contributed by atoms with Crippen molar-refractivity contribution >= 4 is 139 Å². The lowest BCUT2D eigenvalue weighted by atomic mass is 9.94. The summed E-state index contributed by atoms with van der Waals surface area (Å²) in [6.45, 7) is 16.3. The Labute approximate surface area is 482 Å². The number of carboxylic acids is 1. The molecule has 0 spiro atoms. The van der Waals surface area contributed by atoms with E-state index in [0.29, 0.717) is 38.9 Å². The zero-order valence-electron chi connectivity index (χ0n) is 43.7. The molecule has 21 nitrogen and oxygen atoms in total. The molecule has 9 N–H and O–H groups in total. The molecule has 4 aromatic carbocycles. The van der Waals surface area contributed by atoms with Crippen molar-refractivity contribution in [3.05, 3.63) is 125 Å². The Kier molecular flexibility index (Phi) is 21.9. The highest BCUT2D eigenvalue weighted by Gasteiger charge is 2.34. The maximum atomic E-state index is 12.0. The number of hydrogen-bond acceptors (Lipinski definition) is 15. The van der Waals surface area contributed by atoms with Crippen LogP contribution in [0.15, 0.2) is 96.2 Å². The first kappa shape index (κ1) is 63.4. The van der Waals surface area contributed by atoms with Gasteiger partial charge in [-0.1, -0.05) is 80.4 Å². The number of alkyl halides is 1. The Balaban J connectivity index is 0.000000218. The minimum atomic E-state index is -0.999. The normalized spacial score (nSPS) is 14.1. The van der Waals surface area contributed by atoms with Crippen LogP contribution in [0.2, 0.25) is 0 Å². The van der Waals surface area contributed by atoms with Gasteiger partial charge in [0.15, 0.2) is 5.69 Å². The van der Waals surface area contributed by atoms with E-state index in [1.165, 1.54) is 0 Å². The Bertz CT molecular complexity index is 3290. The van der Waals surface area contributed by atoms with Gasteiger partial charge in [0.1, 0.15) is 50.3 Å². The van der Waals surface area contributed by atoms with Gasteiger partial charge in [0.05, 0.1) is 36.6 Å². The molecule has 25 heteroatoms. The molecule has 2 aromatic heterocycles. The number of carboxylic acid groups (broad SMARTS) is 1. The largest absolute Gasteiger partial charge is 0.477 e. The fourth-order valence-electron chi connectivity index (χ4n) is 7.39. The summed E-state index contributed by atoms with van der Waals surface area (Å²) in [7, 11) is 0. The monoisotopic (exact) mass is 1320 g/mol. The van der Waals surface area contributed by atoms with Crippen LogP contribution in [0.1, 0.15) is 136 Å². The molecule has 6 aromatic rings. The number of aromatic amines is 2. The second kappa shape index (κ2) is 27.0. The number of benzene rings is 4. The average molecular weight is 1330 g/mol. The number of ether oxygens (including phenoxy) is 3. The van der Waals surface area contributed by atoms with E-state index in [1.807, 2.05) is 65.8 Å². The Morgan fingerprint density at radius 1 is 0.577 bits per heavy atom. The van der Waals surface area contributed by atoms with Gasteiger partial charge < -0.3 is 36.5 Å². The van der Waals surface area contributed by atoms with Crippen LogP contribution in [0.4, 0.5) is 0 Å². The van der Waals surface area contributed by atoms with E-state index in [2.05, 4.69) is 100 Å². The van der Waals surface area contributed by atoms with Gasteiger partial charge in [-0.3, -0.25) is 48.9 Å². The van der Waals surface area contributed by atoms with Gasteiger partial charge in [0.2, 0.25) is 0 Å². The molecule has 4 heterocycles. The molecule has 2 unspecified atom stereocenters. The Morgan fingerprint density at radius 2 is 0.962 bits per heavy atom. The zero-order valence-corrected chi connectivity index (χ0v) is 50.1. The third kappa shape index (κ3) is 17.7. The molecule has 78 heavy (non-hydrogen) atoms. The van der Waals surface area contributed by atoms with Gasteiger partial charge in [0.25, 0.3) is 17.7 Å². The van der Waals surface area contributed by atoms with E-state index < -0.39 is 52.9 Å². The molecule has 2 atom stereocenters. The minimum Gasteiger partial charge on any atom is -0.477 e. The number of amides is 3. The summed E-state index contributed by atoms with van der Waals surface area (Å²) in [6, 6.07) is 22.2. The van der Waals surface area contributed by atoms with Crippen molar-refractivity contribution in [1.29, 1.82) is 5.26 Å². The summed E-state index contributed by atoms with van der Waals surface area (Å²) >= 11 is 13.0. The standard InChI is InChI=1S/C16H17N3O3.C15H17BrN2O3.C8H6BrN3O.C8H5BrN2O2.C6H11BrO2/c1-16(2,3)22-12(20)7-11-13-9(8-17)5-4-6-10(13)14(19-11)15(18)21;1-15(2,3)21-11(19)7-10-12-8(5-4-6-9(12)16)13(18-10)14(17)20;9-5-3-1-2-4-6(5)11-12-7(4)8(10)13;9-5-3-1-2-4-6(5)10-11-7(4)8(12)13;1-6(2,3)9-5(8)4-7/h4-6,11H,7H2,1-3H3,(H2,18,21);4-6,10H,7H2,1-3H3,(H2,17,20);1-3H,(H2,10,13)(H,11,12);1-3H,(H,10,11)(H,12,13);4H2,1-3H3. The number of para-hydroxylation sites is 2. The predicted molar refractivity (Wildman–Crippen MR) is 306 cm³/mol. The number of aliphatic imine (C=N–C) groups is 2. The predicted octanol–water partition coefficient (Wildman–Crippen LogP) is 9.30. The van der Waals surface area contributed by atoms with Crippen molar-refractivity contribution in [3.8, 4) is 6.07 Å². The number of nitrogens with two attached hydrogens (primary N) is 3. The second-order valence-electron chi connectivity index (χ2n) is 19.7. The van der Waals surface area contributed by atoms with Crippen molar-refractivity contribution in [2.45, 2.75) is 104 Å². The van der Waals surface area contributed by atoms with E-state index in [9.17, 15) is 38.8 Å². The topological polar surface area (TPSA) is 351 Å². The number of nitrogens with zero attached hydrogens (tertiary/aromatic N) is 5. The summed E-state index contributed by atoms with van der Waals surface area (Å²) in [5.74, 6) is -3.79. The number of halogens is 4. The van der Waals surface area contributed by atoms with E-state index in [0.717, 1.165) is 29.9 Å². The average Bonchev–Trinajstić information content (AvgIpc) is 4.13. The van der Waals surface area contributed by atoms with Crippen LogP contribution in [0.5, 0.6) is 0 Å². The number of rotatable bonds is 9. The molecule has 412 valence electrons. The second-order valence-corrected chi connectivity index (χ2v) is 22.9. The van der Waals surface area contributed by atoms with Crippen LogP contribution < -0.4 is 17.2 Å². The van der Waals surface area contributed by atoms with Crippen molar-refractivity contribution < 1.29 is 52.9 Å². The number of fused-ring (bicyclic) bond motifs is 4. The minimum absolute atomic E-state index is 0.0419. The highest BCUT2D eigenvalue weighted by atomic mass is 79.9. The maximum Gasteiger partial charge on any atom is 0.354 e. The first-order chi connectivity index (χ1) is 36.3. The maximum absolute atomic E-state index is 12.0. The Hall–Kier alpha value is -7.14. The SMILES string of the molecule is CC(C)(C)OC(=O)CBr.CC(C)(C)OC(=O)CC1N=C(C(N)=O)c2cccc(Br)c21.CC(C)(C)OC(=O)CC1N=C(C(N)=O)c2cccc(C#N)c21.NC(=O)c1[nH]nc2c(Br)cccc12.O=C(O)c1[nH]nc2c(Br)cccc12. The molecule has 2 aliphatic heterocycles. The fraction of sp³-hybridized carbons (Fsp3) is 0.321. The molecule has 0 bridgehead atoms. The smallest absolute Gasteiger partial charge is 0.354 e. The zero-order chi connectivity index (χ0) is 58.6. The molecule has 8 rings (SSSR count). The summed E-state index contributed by atoms with van der Waals surface area (Å²) in [6.07, 6.45) is 0.0312. The first-order valence-corrected chi connectivity index (χ1v) is 26.8. The first-order valence-electron chi connectivity index (χ1n) is 23.3. The van der Waals surface area contributed by atoms with Crippen LogP contribution in [-0.4, -0.2) is 101 Å². The molecule has 0 saturated carbocycles. The third-order valence-electron chi connectivity index (χ3n) is 10.1. The van der Waals surface area contributed by atoms with Crippen LogP contribution in [0, 0.1) is 11.3 Å². The Morgan fingerprint density at radius 3 is 1.36 bits per heavy atom. The van der Waals surface area contributed by atoms with Gasteiger partial charge in [0, 0.05) is 46.4 Å². The van der Waals surface area contributed by atoms with E-state index in [-0.39, 0.29) is 52.8 Å². The van der Waals surface area contributed by atoms with Crippen LogP contribution in [0.3, 0.4) is 0 Å². The highest BCUT2D eigenvalue weighted by Crippen LogP contribution is 2.38. The molecule has 0 saturated heterocycles. The quantitative estimate of drug-likeness (QED) is 0.0446. The number of carbonyl (C=O) groups is 7. The molecular weight excluding hydrogens is 1270 g/mol. The van der Waals surface area contributed by atoms with Crippen molar-refractivity contribution in [3.63, 3.8) is 0 Å². The number of H-pyrrole nitrogens is 2. The van der Waals surface area contributed by atoms with Gasteiger partial charge in [-0.15, -0.1) is 0 Å². The number of primary amides is 3. The lowest BCUT2D eigenvalue weighted by molar-refractivity contribution is -0.156. The number of nitriles is 1. The van der Waals surface area contributed by atoms with Crippen LogP contribution in [0.25, 0.3) is 21.8 Å².